The summed E-state index contributed by atoms with van der Waals surface area (Å²) in [6.07, 6.45) is -4.56. The van der Waals surface area contributed by atoms with Gasteiger partial charge in [0, 0.05) is 13.0 Å². The van der Waals surface area contributed by atoms with Gasteiger partial charge in [0.05, 0.1) is 13.2 Å². The topological polar surface area (TPSA) is 134 Å². The Labute approximate surface area is 111 Å². The van der Waals surface area contributed by atoms with Crippen molar-refractivity contribution >= 4 is 5.91 Å². The lowest BCUT2D eigenvalue weighted by Gasteiger charge is -2.42. The molecule has 1 aliphatic rings. The second-order valence-corrected chi connectivity index (χ2v) is 4.74. The number of carbonyl (C=O) groups is 1. The molecule has 1 heterocycles. The first-order chi connectivity index (χ1) is 8.86. The molecular formula is C11H22N2O6. The molecule has 8 heteroatoms. The molecule has 19 heavy (non-hydrogen) atoms. The number of hydrogen-bond donors (Lipinski definition) is 5. The van der Waals surface area contributed by atoms with E-state index in [1.54, 1.807) is 6.92 Å². The highest BCUT2D eigenvalue weighted by atomic mass is 16.7. The number of rotatable bonds is 5. The van der Waals surface area contributed by atoms with E-state index in [4.69, 9.17) is 20.3 Å². The van der Waals surface area contributed by atoms with Gasteiger partial charge in [-0.2, -0.15) is 0 Å². The van der Waals surface area contributed by atoms with Gasteiger partial charge >= 0.3 is 0 Å². The van der Waals surface area contributed by atoms with E-state index in [9.17, 15) is 15.0 Å². The molecule has 0 aromatic carbocycles. The van der Waals surface area contributed by atoms with Crippen molar-refractivity contribution in [1.29, 1.82) is 0 Å². The van der Waals surface area contributed by atoms with Gasteiger partial charge in [-0.3, -0.25) is 4.79 Å². The van der Waals surface area contributed by atoms with E-state index in [0.29, 0.717) is 0 Å². The predicted molar refractivity (Wildman–Crippen MR) is 65.0 cm³/mol. The first-order valence-electron chi connectivity index (χ1n) is 6.13. The minimum absolute atomic E-state index is 0.154. The van der Waals surface area contributed by atoms with E-state index in [1.807, 2.05) is 0 Å². The van der Waals surface area contributed by atoms with Crippen LogP contribution in [0.4, 0.5) is 0 Å². The standard InChI is InChI=1S/C11H22N2O6/c1-5(12)4-18-11-8(13-6(2)15)10(17)9(16)7(3-14)19-11/h5,7-11,14,16-17H,3-4,12H2,1-2H3,(H,13,15)/t5?,7?,8-,9+,10?,11+/m0/s1. The molecule has 1 amide bonds. The van der Waals surface area contributed by atoms with E-state index in [-0.39, 0.29) is 12.6 Å². The monoisotopic (exact) mass is 278 g/mol. The fourth-order valence-electron chi connectivity index (χ4n) is 1.86. The van der Waals surface area contributed by atoms with Gasteiger partial charge in [-0.15, -0.1) is 0 Å². The summed E-state index contributed by atoms with van der Waals surface area (Å²) >= 11 is 0. The van der Waals surface area contributed by atoms with Gasteiger partial charge in [0.2, 0.25) is 5.91 Å². The van der Waals surface area contributed by atoms with Crippen LogP contribution in [0.25, 0.3) is 0 Å². The van der Waals surface area contributed by atoms with Gasteiger partial charge in [-0.1, -0.05) is 0 Å². The van der Waals surface area contributed by atoms with E-state index < -0.39 is 43.2 Å². The van der Waals surface area contributed by atoms with Crippen LogP contribution >= 0.6 is 0 Å². The predicted octanol–water partition coefficient (Wildman–Crippen LogP) is -2.71. The van der Waals surface area contributed by atoms with Crippen molar-refractivity contribution in [1.82, 2.24) is 5.32 Å². The SMILES string of the molecule is CC(=O)N[C@H]1C(O)[C@H](O)C(CO)O[C@H]1OCC(C)N. The molecule has 8 nitrogen and oxygen atoms in total. The number of carbonyl (C=O) groups excluding carboxylic acids is 1. The van der Waals surface area contributed by atoms with Crippen molar-refractivity contribution in [2.45, 2.75) is 50.5 Å². The van der Waals surface area contributed by atoms with Crippen molar-refractivity contribution in [3.63, 3.8) is 0 Å². The lowest BCUT2D eigenvalue weighted by atomic mass is 9.97. The van der Waals surface area contributed by atoms with Crippen LogP contribution in [0.1, 0.15) is 13.8 Å². The highest BCUT2D eigenvalue weighted by molar-refractivity contribution is 5.73. The molecule has 0 spiro atoms. The van der Waals surface area contributed by atoms with Crippen LogP contribution in [0.5, 0.6) is 0 Å². The summed E-state index contributed by atoms with van der Waals surface area (Å²) in [5, 5.41) is 31.2. The van der Waals surface area contributed by atoms with Crippen molar-refractivity contribution in [3.8, 4) is 0 Å². The number of nitrogens with one attached hydrogen (secondary N) is 1. The molecule has 0 bridgehead atoms. The lowest BCUT2D eigenvalue weighted by Crippen LogP contribution is -2.64. The van der Waals surface area contributed by atoms with Crippen molar-refractivity contribution in [2.24, 2.45) is 5.73 Å². The van der Waals surface area contributed by atoms with Gasteiger partial charge in [0.25, 0.3) is 0 Å². The summed E-state index contributed by atoms with van der Waals surface area (Å²) in [5.74, 6) is -0.392. The average Bonchev–Trinajstić information content (AvgIpc) is 2.33. The van der Waals surface area contributed by atoms with Crippen LogP contribution in [0, 0.1) is 0 Å². The molecule has 1 fully saturated rings. The van der Waals surface area contributed by atoms with Gasteiger partial charge < -0.3 is 35.8 Å². The zero-order chi connectivity index (χ0) is 14.6. The molecule has 0 aromatic rings. The normalized spacial score (nSPS) is 36.8. The van der Waals surface area contributed by atoms with Gasteiger partial charge in [0.15, 0.2) is 6.29 Å². The maximum absolute atomic E-state index is 11.1. The Hall–Kier alpha value is -0.770. The van der Waals surface area contributed by atoms with Crippen molar-refractivity contribution in [2.75, 3.05) is 13.2 Å². The summed E-state index contributed by atoms with van der Waals surface area (Å²) in [5.41, 5.74) is 5.56. The Balaban J connectivity index is 2.77. The summed E-state index contributed by atoms with van der Waals surface area (Å²) in [4.78, 5) is 11.1. The minimum atomic E-state index is -1.31. The van der Waals surface area contributed by atoms with E-state index in [1.165, 1.54) is 6.92 Å². The summed E-state index contributed by atoms with van der Waals surface area (Å²) < 4.78 is 10.7. The molecule has 112 valence electrons. The third-order valence-electron chi connectivity index (χ3n) is 2.77. The molecule has 0 aromatic heterocycles. The highest BCUT2D eigenvalue weighted by Gasteiger charge is 2.45. The molecule has 3 unspecified atom stereocenters. The molecule has 1 rings (SSSR count). The quantitative estimate of drug-likeness (QED) is 0.369. The largest absolute Gasteiger partial charge is 0.394 e. The zero-order valence-electron chi connectivity index (χ0n) is 11.0. The number of aliphatic hydroxyl groups excluding tert-OH is 3. The smallest absolute Gasteiger partial charge is 0.217 e. The third kappa shape index (κ3) is 4.37. The summed E-state index contributed by atoms with van der Waals surface area (Å²) in [7, 11) is 0. The number of nitrogens with two attached hydrogens (primary N) is 1. The Morgan fingerprint density at radius 2 is 2.11 bits per heavy atom. The molecule has 1 saturated heterocycles. The third-order valence-corrected chi connectivity index (χ3v) is 2.77. The van der Waals surface area contributed by atoms with Crippen LogP contribution < -0.4 is 11.1 Å². The Kier molecular flexibility index (Phi) is 6.11. The first kappa shape index (κ1) is 16.3. The zero-order valence-corrected chi connectivity index (χ0v) is 11.0. The van der Waals surface area contributed by atoms with Gasteiger partial charge in [-0.25, -0.2) is 0 Å². The summed E-state index contributed by atoms with van der Waals surface area (Å²) in [6, 6.07) is -1.17. The fraction of sp³-hybridized carbons (Fsp3) is 0.909. The maximum atomic E-state index is 11.1. The Morgan fingerprint density at radius 3 is 2.58 bits per heavy atom. The molecule has 0 aliphatic carbocycles. The molecule has 0 saturated carbocycles. The number of amides is 1. The number of ether oxygens (including phenoxy) is 2. The van der Waals surface area contributed by atoms with Crippen molar-refractivity contribution < 1.29 is 29.6 Å². The summed E-state index contributed by atoms with van der Waals surface area (Å²) in [6.45, 7) is 2.69. The van der Waals surface area contributed by atoms with Gasteiger partial charge in [0.1, 0.15) is 24.4 Å². The van der Waals surface area contributed by atoms with Crippen LogP contribution in [0.15, 0.2) is 0 Å². The Bertz CT molecular complexity index is 301. The highest BCUT2D eigenvalue weighted by Crippen LogP contribution is 2.22. The van der Waals surface area contributed by atoms with E-state index >= 15 is 0 Å². The average molecular weight is 278 g/mol. The number of aliphatic hydroxyl groups is 3. The second-order valence-electron chi connectivity index (χ2n) is 4.74. The molecular weight excluding hydrogens is 256 g/mol. The lowest BCUT2D eigenvalue weighted by molar-refractivity contribution is -0.270. The van der Waals surface area contributed by atoms with Crippen LogP contribution in [0.2, 0.25) is 0 Å². The van der Waals surface area contributed by atoms with Gasteiger partial charge in [-0.05, 0) is 6.92 Å². The molecule has 0 radical (unpaired) electrons. The molecule has 6 atom stereocenters. The van der Waals surface area contributed by atoms with Crippen LogP contribution in [-0.4, -0.2) is 71.1 Å². The molecule has 6 N–H and O–H groups in total. The number of hydrogen-bond acceptors (Lipinski definition) is 7. The van der Waals surface area contributed by atoms with Crippen molar-refractivity contribution in [3.05, 3.63) is 0 Å². The second kappa shape index (κ2) is 7.13. The Morgan fingerprint density at radius 1 is 1.47 bits per heavy atom. The van der Waals surface area contributed by atoms with Crippen LogP contribution in [-0.2, 0) is 14.3 Å². The molecule has 1 aliphatic heterocycles. The fourth-order valence-corrected chi connectivity index (χ4v) is 1.86. The van der Waals surface area contributed by atoms with E-state index in [0.717, 1.165) is 0 Å². The maximum Gasteiger partial charge on any atom is 0.217 e. The van der Waals surface area contributed by atoms with Crippen LogP contribution in [0.3, 0.4) is 0 Å². The van der Waals surface area contributed by atoms with E-state index in [2.05, 4.69) is 5.32 Å². The first-order valence-corrected chi connectivity index (χ1v) is 6.13. The minimum Gasteiger partial charge on any atom is -0.394 e.